The molecule has 27 unspecified atom stereocenters. The molecular weight excluding hydrogens is 840 g/mol. The molecule has 9 N–H and O–H groups in total. The van der Waals surface area contributed by atoms with Crippen LogP contribution in [0.1, 0.15) is 92.4 Å². The van der Waals surface area contributed by atoms with Gasteiger partial charge in [-0.3, -0.25) is 0 Å². The standard InChI is InChI=1S/C46H74O18/c1-19-9-14-46(64-40(19)56-6)20(2)30-27(63-46)16-26-24-8-7-22-15-23(10-12-44(22,4)25(24)11-13-45(26,30)5)59-43-39(62-42-38(55)34(51)31(48)21(3)58-42)36(53)33(50)29(61-43)18-57-41-37(54)35(52)32(49)28(17-47)60-41/h7,19-21,23-43,47-55H,8-18H2,1-6H3. The predicted octanol–water partition coefficient (Wildman–Crippen LogP) is 0.187. The lowest BCUT2D eigenvalue weighted by atomic mass is 9.47. The molecule has 9 aliphatic rings. The summed E-state index contributed by atoms with van der Waals surface area (Å²) in [7, 11) is 1.72. The van der Waals surface area contributed by atoms with Crippen molar-refractivity contribution in [3.63, 3.8) is 0 Å². The molecule has 5 saturated heterocycles. The minimum atomic E-state index is -1.71. The molecule has 5 aliphatic heterocycles. The zero-order valence-electron chi connectivity index (χ0n) is 37.9. The van der Waals surface area contributed by atoms with Gasteiger partial charge >= 0.3 is 0 Å². The number of rotatable bonds is 9. The van der Waals surface area contributed by atoms with Crippen molar-refractivity contribution in [1.29, 1.82) is 0 Å². The van der Waals surface area contributed by atoms with E-state index in [2.05, 4.69) is 33.8 Å². The van der Waals surface area contributed by atoms with Gasteiger partial charge in [0, 0.05) is 25.4 Å². The highest BCUT2D eigenvalue weighted by Crippen LogP contribution is 2.71. The van der Waals surface area contributed by atoms with Crippen LogP contribution >= 0.6 is 0 Å². The van der Waals surface area contributed by atoms with Crippen molar-refractivity contribution < 1.29 is 88.6 Å². The monoisotopic (exact) mass is 914 g/mol. The average molecular weight is 915 g/mol. The number of ether oxygens (including phenoxy) is 9. The minimum Gasteiger partial charge on any atom is -0.394 e. The molecule has 27 atom stereocenters. The Bertz CT molecular complexity index is 1670. The van der Waals surface area contributed by atoms with E-state index in [9.17, 15) is 46.0 Å². The molecule has 8 fully saturated rings. The summed E-state index contributed by atoms with van der Waals surface area (Å²) in [4.78, 5) is 0. The van der Waals surface area contributed by atoms with E-state index in [1.165, 1.54) is 12.5 Å². The van der Waals surface area contributed by atoms with Crippen molar-refractivity contribution in [2.45, 2.75) is 209 Å². The first kappa shape index (κ1) is 48.1. The lowest BCUT2D eigenvalue weighted by Crippen LogP contribution is -2.65. The highest BCUT2D eigenvalue weighted by Gasteiger charge is 2.69. The molecule has 0 bridgehead atoms. The van der Waals surface area contributed by atoms with E-state index in [1.807, 2.05) is 0 Å². The molecule has 18 nitrogen and oxygen atoms in total. The number of aliphatic hydroxyl groups excluding tert-OH is 9. The van der Waals surface area contributed by atoms with Crippen molar-refractivity contribution in [2.24, 2.45) is 46.3 Å². The van der Waals surface area contributed by atoms with Crippen molar-refractivity contribution in [2.75, 3.05) is 20.3 Å². The van der Waals surface area contributed by atoms with Gasteiger partial charge in [-0.1, -0.05) is 39.3 Å². The third-order valence-corrected chi connectivity index (χ3v) is 18.0. The van der Waals surface area contributed by atoms with E-state index >= 15 is 0 Å². The number of aliphatic hydroxyl groups is 9. The van der Waals surface area contributed by atoms with Crippen LogP contribution in [0.15, 0.2) is 11.6 Å². The molecule has 3 saturated carbocycles. The van der Waals surface area contributed by atoms with Crippen LogP contribution in [0.2, 0.25) is 0 Å². The first-order valence-corrected chi connectivity index (χ1v) is 23.9. The molecule has 4 aliphatic carbocycles. The van der Waals surface area contributed by atoms with E-state index in [1.54, 1.807) is 7.11 Å². The van der Waals surface area contributed by atoms with Gasteiger partial charge < -0.3 is 88.6 Å². The van der Waals surface area contributed by atoms with Crippen LogP contribution in [0, 0.1) is 46.3 Å². The SMILES string of the molecule is COC1OC2(CCC1C)OC1CC3C4CC=C5CC(OC6OC(COC7OC(CO)C(O)C(O)C7O)C(O)C(O)C6OC6OC(C)C(O)C(O)C6O)CCC5(C)C4CCC3(C)C1C2C. The zero-order valence-corrected chi connectivity index (χ0v) is 37.9. The number of allylic oxidation sites excluding steroid dienone is 1. The van der Waals surface area contributed by atoms with E-state index < -0.39 is 117 Å². The summed E-state index contributed by atoms with van der Waals surface area (Å²) in [5.41, 5.74) is 1.39. The molecule has 366 valence electrons. The first-order chi connectivity index (χ1) is 30.3. The molecule has 9 rings (SSSR count). The number of hydrogen-bond donors (Lipinski definition) is 9. The topological polar surface area (TPSA) is 265 Å². The first-order valence-electron chi connectivity index (χ1n) is 23.9. The predicted molar refractivity (Wildman–Crippen MR) is 220 cm³/mol. The average Bonchev–Trinajstić information content (AvgIpc) is 3.72. The Hall–Kier alpha value is -0.980. The van der Waals surface area contributed by atoms with E-state index in [0.29, 0.717) is 42.4 Å². The summed E-state index contributed by atoms with van der Waals surface area (Å²) < 4.78 is 55.5. The largest absolute Gasteiger partial charge is 0.394 e. The van der Waals surface area contributed by atoms with Gasteiger partial charge in [0.05, 0.1) is 31.5 Å². The van der Waals surface area contributed by atoms with Crippen LogP contribution in [0.3, 0.4) is 0 Å². The summed E-state index contributed by atoms with van der Waals surface area (Å²) in [6, 6.07) is 0. The maximum absolute atomic E-state index is 11.6. The smallest absolute Gasteiger partial charge is 0.187 e. The maximum Gasteiger partial charge on any atom is 0.187 e. The second-order valence-electron chi connectivity index (χ2n) is 21.4. The lowest BCUT2D eigenvalue weighted by Gasteiger charge is -2.59. The lowest BCUT2D eigenvalue weighted by molar-refractivity contribution is -0.375. The fourth-order valence-electron chi connectivity index (χ4n) is 14.2. The van der Waals surface area contributed by atoms with Crippen molar-refractivity contribution >= 4 is 0 Å². The van der Waals surface area contributed by atoms with Gasteiger partial charge in [0.1, 0.15) is 67.1 Å². The van der Waals surface area contributed by atoms with Gasteiger partial charge in [-0.25, -0.2) is 0 Å². The molecule has 0 radical (unpaired) electrons. The Labute approximate surface area is 375 Å². The van der Waals surface area contributed by atoms with E-state index in [-0.39, 0.29) is 29.1 Å². The minimum absolute atomic E-state index is 0.0578. The summed E-state index contributed by atoms with van der Waals surface area (Å²) in [5.74, 6) is 1.91. The number of fused-ring (bicyclic) bond motifs is 7. The molecule has 64 heavy (non-hydrogen) atoms. The molecule has 0 amide bonds. The van der Waals surface area contributed by atoms with Gasteiger partial charge in [0.15, 0.2) is 30.9 Å². The Morgan fingerprint density at radius 3 is 2.12 bits per heavy atom. The van der Waals surface area contributed by atoms with Crippen molar-refractivity contribution in [1.82, 2.24) is 0 Å². The molecule has 1 spiro atoms. The zero-order chi connectivity index (χ0) is 45.8. The quantitative estimate of drug-likeness (QED) is 0.140. The van der Waals surface area contributed by atoms with Crippen LogP contribution in [-0.2, 0) is 42.6 Å². The molecule has 0 aromatic carbocycles. The van der Waals surface area contributed by atoms with E-state index in [0.717, 1.165) is 44.9 Å². The van der Waals surface area contributed by atoms with Gasteiger partial charge in [0.25, 0.3) is 0 Å². The fraction of sp³-hybridized carbons (Fsp3) is 0.957. The van der Waals surface area contributed by atoms with Crippen LogP contribution in [0.4, 0.5) is 0 Å². The van der Waals surface area contributed by atoms with Gasteiger partial charge in [-0.2, -0.15) is 0 Å². The summed E-state index contributed by atoms with van der Waals surface area (Å²) in [6.45, 7) is 9.79. The van der Waals surface area contributed by atoms with E-state index in [4.69, 9.17) is 42.6 Å². The molecular formula is C46H74O18. The van der Waals surface area contributed by atoms with Gasteiger partial charge in [-0.15, -0.1) is 0 Å². The van der Waals surface area contributed by atoms with Crippen LogP contribution in [0.5, 0.6) is 0 Å². The van der Waals surface area contributed by atoms with Gasteiger partial charge in [-0.05, 0) is 92.8 Å². The second kappa shape index (κ2) is 18.1. The molecule has 5 heterocycles. The van der Waals surface area contributed by atoms with Crippen molar-refractivity contribution in [3.05, 3.63) is 11.6 Å². The van der Waals surface area contributed by atoms with Crippen molar-refractivity contribution in [3.8, 4) is 0 Å². The third-order valence-electron chi connectivity index (χ3n) is 18.0. The van der Waals surface area contributed by atoms with Crippen LogP contribution in [-0.4, -0.2) is 183 Å². The fourth-order valence-corrected chi connectivity index (χ4v) is 14.2. The van der Waals surface area contributed by atoms with Gasteiger partial charge in [0.2, 0.25) is 0 Å². The summed E-state index contributed by atoms with van der Waals surface area (Å²) >= 11 is 0. The number of hydrogen-bond acceptors (Lipinski definition) is 18. The highest BCUT2D eigenvalue weighted by atomic mass is 16.8. The highest BCUT2D eigenvalue weighted by molar-refractivity contribution is 5.26. The maximum atomic E-state index is 11.6. The summed E-state index contributed by atoms with van der Waals surface area (Å²) in [5, 5.41) is 95.5. The Morgan fingerprint density at radius 1 is 0.688 bits per heavy atom. The molecule has 0 aromatic heterocycles. The number of methoxy groups -OCH3 is 1. The van der Waals surface area contributed by atoms with Crippen LogP contribution in [0.25, 0.3) is 0 Å². The Morgan fingerprint density at radius 2 is 1.39 bits per heavy atom. The van der Waals surface area contributed by atoms with Crippen LogP contribution < -0.4 is 0 Å². The Kier molecular flexibility index (Phi) is 13.6. The molecule has 0 aromatic rings. The summed E-state index contributed by atoms with van der Waals surface area (Å²) in [6.07, 6.45) is -12.3. The molecule has 18 heteroatoms. The normalized spacial score (nSPS) is 57.4. The third kappa shape index (κ3) is 7.88. The Balaban J connectivity index is 0.901. The second-order valence-corrected chi connectivity index (χ2v) is 21.4.